The van der Waals surface area contributed by atoms with Crippen molar-refractivity contribution in [1.29, 1.82) is 0 Å². The van der Waals surface area contributed by atoms with E-state index in [9.17, 15) is 13.2 Å². The van der Waals surface area contributed by atoms with Gasteiger partial charge in [0.1, 0.15) is 11.3 Å². The Morgan fingerprint density at radius 2 is 1.72 bits per heavy atom. The topological polar surface area (TPSA) is 79.6 Å². The molecule has 0 aliphatic heterocycles. The molecule has 1 aromatic heterocycles. The molecule has 0 aliphatic rings. The zero-order chi connectivity index (χ0) is 21.5. The van der Waals surface area contributed by atoms with Gasteiger partial charge < -0.3 is 9.73 Å². The van der Waals surface area contributed by atoms with Gasteiger partial charge in [0.05, 0.1) is 10.9 Å². The van der Waals surface area contributed by atoms with Crippen molar-refractivity contribution in [3.05, 3.63) is 64.4 Å². The molecule has 29 heavy (non-hydrogen) atoms. The Kier molecular flexibility index (Phi) is 5.56. The molecule has 0 radical (unpaired) electrons. The molecule has 0 saturated carbocycles. The molecule has 0 aliphatic carbocycles. The van der Waals surface area contributed by atoms with Crippen LogP contribution in [0.25, 0.3) is 11.0 Å². The lowest BCUT2D eigenvalue weighted by atomic mass is 10.0. The molecule has 1 atom stereocenters. The number of rotatable bonds is 5. The second kappa shape index (κ2) is 7.65. The largest absolute Gasteiger partial charge is 0.459 e. The Labute approximate surface area is 171 Å². The third-order valence-corrected chi connectivity index (χ3v) is 7.20. The zero-order valence-electron chi connectivity index (χ0n) is 17.5. The highest BCUT2D eigenvalue weighted by Crippen LogP contribution is 2.30. The van der Waals surface area contributed by atoms with Crippen molar-refractivity contribution in [2.45, 2.75) is 38.6 Å². The number of para-hydroxylation sites is 1. The van der Waals surface area contributed by atoms with Crippen LogP contribution in [0.3, 0.4) is 0 Å². The molecule has 0 bridgehead atoms. The van der Waals surface area contributed by atoms with Crippen LogP contribution >= 0.6 is 0 Å². The fourth-order valence-corrected chi connectivity index (χ4v) is 4.59. The number of hydrogen-bond donors (Lipinski definition) is 1. The second-order valence-corrected chi connectivity index (χ2v) is 9.61. The van der Waals surface area contributed by atoms with E-state index in [-0.39, 0.29) is 16.8 Å². The molecule has 1 heterocycles. The highest BCUT2D eigenvalue weighted by atomic mass is 32.2. The fourth-order valence-electron chi connectivity index (χ4n) is 3.37. The predicted octanol–water partition coefficient (Wildman–Crippen LogP) is 4.10. The number of furan rings is 1. The van der Waals surface area contributed by atoms with Gasteiger partial charge in [-0.1, -0.05) is 18.2 Å². The maximum absolute atomic E-state index is 12.9. The SMILES string of the molecule is Cc1cc(C(=O)NC(C)c2oc3ccccc3c2C)cc(S(=O)(=O)N(C)C)c1C. The Morgan fingerprint density at radius 3 is 2.34 bits per heavy atom. The van der Waals surface area contributed by atoms with Crippen LogP contribution in [0.5, 0.6) is 0 Å². The number of benzene rings is 2. The molecule has 0 saturated heterocycles. The Bertz CT molecular complexity index is 1190. The van der Waals surface area contributed by atoms with Crippen molar-refractivity contribution in [3.63, 3.8) is 0 Å². The summed E-state index contributed by atoms with van der Waals surface area (Å²) in [6.07, 6.45) is 0. The summed E-state index contributed by atoms with van der Waals surface area (Å²) in [5.41, 5.74) is 3.42. The van der Waals surface area contributed by atoms with Gasteiger partial charge in [-0.2, -0.15) is 0 Å². The van der Waals surface area contributed by atoms with Gasteiger partial charge in [0, 0.05) is 30.6 Å². The minimum absolute atomic E-state index is 0.139. The fraction of sp³-hybridized carbons (Fsp3) is 0.318. The lowest BCUT2D eigenvalue weighted by Crippen LogP contribution is -2.28. The summed E-state index contributed by atoms with van der Waals surface area (Å²) in [6.45, 7) is 7.35. The number of nitrogens with one attached hydrogen (secondary N) is 1. The normalized spacial score (nSPS) is 13.1. The van der Waals surface area contributed by atoms with Gasteiger partial charge in [-0.15, -0.1) is 0 Å². The van der Waals surface area contributed by atoms with E-state index in [2.05, 4.69) is 5.32 Å². The molecule has 7 heteroatoms. The third-order valence-electron chi connectivity index (χ3n) is 5.26. The van der Waals surface area contributed by atoms with Crippen LogP contribution in [0.2, 0.25) is 0 Å². The van der Waals surface area contributed by atoms with Crippen molar-refractivity contribution < 1.29 is 17.6 Å². The van der Waals surface area contributed by atoms with Crippen LogP contribution < -0.4 is 5.32 Å². The molecule has 6 nitrogen and oxygen atoms in total. The van der Waals surface area contributed by atoms with Crippen molar-refractivity contribution >= 4 is 26.9 Å². The van der Waals surface area contributed by atoms with E-state index in [4.69, 9.17) is 4.42 Å². The van der Waals surface area contributed by atoms with Gasteiger partial charge in [-0.05, 0) is 57.0 Å². The smallest absolute Gasteiger partial charge is 0.251 e. The van der Waals surface area contributed by atoms with Gasteiger partial charge in [0.25, 0.3) is 5.91 Å². The number of carbonyl (C=O) groups is 1. The van der Waals surface area contributed by atoms with Gasteiger partial charge >= 0.3 is 0 Å². The standard InChI is InChI=1S/C22H26N2O4S/c1-13-11-17(12-20(14(13)2)29(26,27)24(5)6)22(25)23-16(4)21-15(3)18-9-7-8-10-19(18)28-21/h7-12,16H,1-6H3,(H,23,25). The molecule has 1 amide bonds. The summed E-state index contributed by atoms with van der Waals surface area (Å²) in [5, 5.41) is 3.94. The average molecular weight is 415 g/mol. The predicted molar refractivity (Wildman–Crippen MR) is 114 cm³/mol. The molecular formula is C22H26N2O4S. The number of amides is 1. The van der Waals surface area contributed by atoms with E-state index in [1.165, 1.54) is 20.2 Å². The number of aryl methyl sites for hydroxylation is 2. The molecule has 1 unspecified atom stereocenters. The maximum Gasteiger partial charge on any atom is 0.251 e. The van der Waals surface area contributed by atoms with Crippen LogP contribution in [0.4, 0.5) is 0 Å². The summed E-state index contributed by atoms with van der Waals surface area (Å²) in [5.74, 6) is 0.334. The van der Waals surface area contributed by atoms with Crippen LogP contribution in [0.15, 0.2) is 45.7 Å². The zero-order valence-corrected chi connectivity index (χ0v) is 18.3. The number of sulfonamides is 1. The van der Waals surface area contributed by atoms with Crippen LogP contribution in [-0.2, 0) is 10.0 Å². The summed E-state index contributed by atoms with van der Waals surface area (Å²) in [6, 6.07) is 10.5. The maximum atomic E-state index is 12.9. The Morgan fingerprint density at radius 1 is 1.07 bits per heavy atom. The minimum atomic E-state index is -3.66. The first kappa shape index (κ1) is 21.1. The van der Waals surface area contributed by atoms with Crippen LogP contribution in [-0.4, -0.2) is 32.7 Å². The Hall–Kier alpha value is -2.64. The molecular weight excluding hydrogens is 388 g/mol. The number of carbonyl (C=O) groups excluding carboxylic acids is 1. The van der Waals surface area contributed by atoms with Gasteiger partial charge in [0.15, 0.2) is 0 Å². The van der Waals surface area contributed by atoms with Crippen molar-refractivity contribution in [2.75, 3.05) is 14.1 Å². The van der Waals surface area contributed by atoms with Crippen LogP contribution in [0.1, 0.15) is 45.8 Å². The third kappa shape index (κ3) is 3.80. The van der Waals surface area contributed by atoms with E-state index >= 15 is 0 Å². The molecule has 154 valence electrons. The molecule has 1 N–H and O–H groups in total. The summed E-state index contributed by atoms with van der Waals surface area (Å²) < 4.78 is 32.4. The average Bonchev–Trinajstić information content (AvgIpc) is 3.00. The molecule has 2 aromatic carbocycles. The van der Waals surface area contributed by atoms with E-state index in [0.29, 0.717) is 16.9 Å². The van der Waals surface area contributed by atoms with E-state index in [1.807, 2.05) is 38.1 Å². The number of hydrogen-bond acceptors (Lipinski definition) is 4. The molecule has 3 rings (SSSR count). The first-order chi connectivity index (χ1) is 13.5. The minimum Gasteiger partial charge on any atom is -0.459 e. The molecule has 3 aromatic rings. The quantitative estimate of drug-likeness (QED) is 0.682. The first-order valence-electron chi connectivity index (χ1n) is 9.36. The van der Waals surface area contributed by atoms with E-state index in [1.54, 1.807) is 19.9 Å². The van der Waals surface area contributed by atoms with Gasteiger partial charge in [-0.25, -0.2) is 12.7 Å². The highest BCUT2D eigenvalue weighted by molar-refractivity contribution is 7.89. The Balaban J connectivity index is 1.94. The van der Waals surface area contributed by atoms with E-state index in [0.717, 1.165) is 26.4 Å². The van der Waals surface area contributed by atoms with Crippen molar-refractivity contribution in [3.8, 4) is 0 Å². The number of nitrogens with zero attached hydrogens (tertiary/aromatic N) is 1. The summed E-state index contributed by atoms with van der Waals surface area (Å²) in [7, 11) is -0.705. The van der Waals surface area contributed by atoms with Crippen molar-refractivity contribution in [1.82, 2.24) is 9.62 Å². The van der Waals surface area contributed by atoms with Crippen molar-refractivity contribution in [2.24, 2.45) is 0 Å². The molecule has 0 spiro atoms. The monoisotopic (exact) mass is 414 g/mol. The van der Waals surface area contributed by atoms with Gasteiger partial charge in [0.2, 0.25) is 10.0 Å². The summed E-state index contributed by atoms with van der Waals surface area (Å²) in [4.78, 5) is 13.0. The highest BCUT2D eigenvalue weighted by Gasteiger charge is 2.24. The lowest BCUT2D eigenvalue weighted by molar-refractivity contribution is 0.0935. The first-order valence-corrected chi connectivity index (χ1v) is 10.8. The second-order valence-electron chi connectivity index (χ2n) is 7.49. The van der Waals surface area contributed by atoms with Crippen LogP contribution in [0, 0.1) is 20.8 Å². The summed E-state index contributed by atoms with van der Waals surface area (Å²) >= 11 is 0. The van der Waals surface area contributed by atoms with Gasteiger partial charge in [-0.3, -0.25) is 4.79 Å². The lowest BCUT2D eigenvalue weighted by Gasteiger charge is -2.18. The number of fused-ring (bicyclic) bond motifs is 1. The molecule has 0 fully saturated rings. The van der Waals surface area contributed by atoms with E-state index < -0.39 is 10.0 Å².